The molecule has 0 aromatic heterocycles. The third kappa shape index (κ3) is 12.1. The molecule has 0 radical (unpaired) electrons. The number of anilines is 2. The highest BCUT2D eigenvalue weighted by Gasteiger charge is 2.46. The van der Waals surface area contributed by atoms with Crippen LogP contribution in [0.4, 0.5) is 11.4 Å². The summed E-state index contributed by atoms with van der Waals surface area (Å²) in [5.74, 6) is -2.59. The Labute approximate surface area is 426 Å². The predicted molar refractivity (Wildman–Crippen MR) is 271 cm³/mol. The van der Waals surface area contributed by atoms with E-state index in [4.69, 9.17) is 18.9 Å². The molecule has 382 valence electrons. The van der Waals surface area contributed by atoms with E-state index >= 15 is 0 Å². The number of hydrogen-bond acceptors (Lipinski definition) is 15. The molecule has 73 heavy (non-hydrogen) atoms. The van der Waals surface area contributed by atoms with Gasteiger partial charge in [-0.1, -0.05) is 72.4 Å². The number of piperazine rings is 1. The number of benzene rings is 4. The second kappa shape index (κ2) is 24.1. The summed E-state index contributed by atoms with van der Waals surface area (Å²) in [6.45, 7) is 6.12. The summed E-state index contributed by atoms with van der Waals surface area (Å²) in [4.78, 5) is 97.6. The van der Waals surface area contributed by atoms with Gasteiger partial charge in [0.05, 0.1) is 70.4 Å². The minimum absolute atomic E-state index is 0.0534. The van der Waals surface area contributed by atoms with E-state index in [0.29, 0.717) is 103 Å². The van der Waals surface area contributed by atoms with Crippen molar-refractivity contribution in [3.05, 3.63) is 130 Å². The van der Waals surface area contributed by atoms with Crippen LogP contribution in [0.15, 0.2) is 103 Å². The van der Waals surface area contributed by atoms with Crippen LogP contribution in [-0.4, -0.2) is 153 Å². The fraction of sp³-hybridized carbons (Fsp3) is 0.377. The van der Waals surface area contributed by atoms with Crippen LogP contribution in [0.5, 0.6) is 0 Å². The summed E-state index contributed by atoms with van der Waals surface area (Å²) in [5, 5.41) is 13.3. The highest BCUT2D eigenvalue weighted by Crippen LogP contribution is 2.36. The summed E-state index contributed by atoms with van der Waals surface area (Å²) in [7, 11) is 0. The van der Waals surface area contributed by atoms with Crippen LogP contribution in [0.3, 0.4) is 0 Å². The monoisotopic (exact) mass is 1010 g/mol. The molecule has 7 amide bonds. The van der Waals surface area contributed by atoms with Crippen molar-refractivity contribution in [2.45, 2.75) is 43.4 Å². The van der Waals surface area contributed by atoms with Crippen LogP contribution in [0.25, 0.3) is 11.1 Å². The number of nitrogens with one attached hydrogen (secondary N) is 4. The van der Waals surface area contributed by atoms with E-state index in [9.17, 15) is 33.6 Å². The molecule has 4 aromatic carbocycles. The number of nitrogens with zero attached hydrogens (tertiary/aromatic N) is 4. The van der Waals surface area contributed by atoms with Gasteiger partial charge in [0.1, 0.15) is 12.1 Å². The molecule has 3 unspecified atom stereocenters. The minimum atomic E-state index is -1.03. The van der Waals surface area contributed by atoms with Crippen molar-refractivity contribution in [2.24, 2.45) is 0 Å². The van der Waals surface area contributed by atoms with Crippen molar-refractivity contribution >= 4 is 64.5 Å². The summed E-state index contributed by atoms with van der Waals surface area (Å²) in [6.07, 6.45) is 2.22. The molecule has 4 aromatic rings. The molecule has 5 heterocycles. The summed E-state index contributed by atoms with van der Waals surface area (Å²) in [5.41, 5.74) is 5.75. The lowest BCUT2D eigenvalue weighted by Crippen LogP contribution is -2.54. The first-order chi connectivity index (χ1) is 35.6. The summed E-state index contributed by atoms with van der Waals surface area (Å²) >= 11 is 1.46. The van der Waals surface area contributed by atoms with Crippen molar-refractivity contribution in [3.63, 3.8) is 0 Å². The van der Waals surface area contributed by atoms with Gasteiger partial charge in [-0.2, -0.15) is 0 Å². The Morgan fingerprint density at radius 1 is 0.712 bits per heavy atom. The van der Waals surface area contributed by atoms with Gasteiger partial charge >= 0.3 is 0 Å². The zero-order chi connectivity index (χ0) is 50.7. The number of fused-ring (bicyclic) bond motifs is 2. The summed E-state index contributed by atoms with van der Waals surface area (Å²) in [6, 6.07) is 26.7. The van der Waals surface area contributed by atoms with E-state index in [0.717, 1.165) is 32.8 Å². The minimum Gasteiger partial charge on any atom is -0.382 e. The van der Waals surface area contributed by atoms with E-state index in [-0.39, 0.29) is 53.6 Å². The highest BCUT2D eigenvalue weighted by molar-refractivity contribution is 8.02. The maximum absolute atomic E-state index is 14.0. The van der Waals surface area contributed by atoms with E-state index in [1.165, 1.54) is 11.8 Å². The van der Waals surface area contributed by atoms with Crippen molar-refractivity contribution < 1.29 is 52.5 Å². The lowest BCUT2D eigenvalue weighted by atomic mass is 10.00. The number of hydrogen-bond donors (Lipinski definition) is 4. The number of ether oxygens (including phenoxy) is 4. The molecule has 0 aliphatic carbocycles. The molecule has 4 N–H and O–H groups in total. The number of thioether (sulfide) groups is 1. The predicted octanol–water partition coefficient (Wildman–Crippen LogP) is 3.88. The number of rotatable bonds is 23. The maximum Gasteiger partial charge on any atom is 0.264 e. The lowest BCUT2D eigenvalue weighted by molar-refractivity contribution is -0.136. The van der Waals surface area contributed by atoms with Crippen molar-refractivity contribution in [2.75, 3.05) is 95.8 Å². The van der Waals surface area contributed by atoms with Gasteiger partial charge in [-0.25, -0.2) is 0 Å². The SMILES string of the molecule is O=C1CCC(N2C(=O)c3cccc(NCCOCCOCCOCCOCCC(=O)N4CCN(c5ccc(-c6ccc7c(c6)C(=O)N(C(C(=O)NC6NC=CS6)c6ccccc6)C7)cc5)CC4)c3C2=O)C(=O)N1. The summed E-state index contributed by atoms with van der Waals surface area (Å²) < 4.78 is 22.5. The Balaban J connectivity index is 0.611. The third-order valence-corrected chi connectivity index (χ3v) is 14.0. The molecule has 0 spiro atoms. The molecule has 5 aliphatic rings. The van der Waals surface area contributed by atoms with Crippen molar-refractivity contribution in [1.82, 2.24) is 30.7 Å². The van der Waals surface area contributed by atoms with E-state index in [1.807, 2.05) is 58.8 Å². The lowest BCUT2D eigenvalue weighted by Gasteiger charge is -2.36. The Morgan fingerprint density at radius 2 is 1.41 bits per heavy atom. The molecular formula is C53H58N8O11S. The largest absolute Gasteiger partial charge is 0.382 e. The van der Waals surface area contributed by atoms with Gasteiger partial charge in [0.25, 0.3) is 17.7 Å². The second-order valence-corrected chi connectivity index (χ2v) is 18.8. The first-order valence-corrected chi connectivity index (χ1v) is 25.5. The van der Waals surface area contributed by atoms with Crippen LogP contribution in [0.2, 0.25) is 0 Å². The fourth-order valence-electron chi connectivity index (χ4n) is 9.47. The molecule has 2 saturated heterocycles. The molecule has 5 aliphatic heterocycles. The highest BCUT2D eigenvalue weighted by atomic mass is 32.2. The standard InChI is InChI=1S/C53H58N8O11S/c62-44-16-15-43(48(64)56-44)61-51(67)40-7-4-8-42(46(40)52(61)68)54-18-25-70-27-29-72-31-30-71-28-26-69-24-17-45(63)59-22-20-58(21-23-59)39-13-11-35(12-14-39)37-9-10-38-34-60(50(66)41(38)33-37)47(36-5-2-1-3-6-36)49(65)57-53-55-19-32-73-53/h1-14,19,32-33,43,47,53-55H,15-18,20-31,34H2,(H,57,65)(H,56,62,64). The van der Waals surface area contributed by atoms with Crippen molar-refractivity contribution in [1.29, 1.82) is 0 Å². The average molecular weight is 1020 g/mol. The fourth-order valence-corrected chi connectivity index (χ4v) is 10.1. The molecule has 9 rings (SSSR count). The van der Waals surface area contributed by atoms with E-state index in [2.05, 4.69) is 50.4 Å². The maximum atomic E-state index is 14.0. The van der Waals surface area contributed by atoms with Crippen LogP contribution in [-0.2, 0) is 44.7 Å². The Hall–Kier alpha value is -7.10. The first-order valence-electron chi connectivity index (χ1n) is 24.5. The smallest absolute Gasteiger partial charge is 0.264 e. The van der Waals surface area contributed by atoms with Crippen LogP contribution in [0.1, 0.15) is 67.5 Å². The number of amides is 7. The Morgan fingerprint density at radius 3 is 2.11 bits per heavy atom. The number of piperidine rings is 1. The van der Waals surface area contributed by atoms with Crippen LogP contribution in [0, 0.1) is 0 Å². The van der Waals surface area contributed by atoms with Crippen LogP contribution >= 0.6 is 11.8 Å². The van der Waals surface area contributed by atoms with Gasteiger partial charge in [0.15, 0.2) is 5.50 Å². The molecular weight excluding hydrogens is 957 g/mol. The zero-order valence-electron chi connectivity index (χ0n) is 40.3. The molecule has 3 atom stereocenters. The second-order valence-electron chi connectivity index (χ2n) is 17.8. The normalized spacial score (nSPS) is 18.7. The van der Waals surface area contributed by atoms with Gasteiger partial charge in [0, 0.05) is 68.8 Å². The van der Waals surface area contributed by atoms with Crippen LogP contribution < -0.4 is 26.2 Å². The average Bonchev–Trinajstić information content (AvgIpc) is 4.11. The molecule has 20 heteroatoms. The third-order valence-electron chi connectivity index (χ3n) is 13.2. The van der Waals surface area contributed by atoms with Gasteiger partial charge in [-0.15, -0.1) is 0 Å². The topological polar surface area (TPSA) is 217 Å². The molecule has 0 saturated carbocycles. The van der Waals surface area contributed by atoms with Gasteiger partial charge in [0.2, 0.25) is 23.6 Å². The van der Waals surface area contributed by atoms with Gasteiger partial charge < -0.3 is 49.6 Å². The Kier molecular flexibility index (Phi) is 16.8. The van der Waals surface area contributed by atoms with E-state index in [1.54, 1.807) is 29.3 Å². The molecule has 2 fully saturated rings. The number of carbonyl (C=O) groups excluding carboxylic acids is 7. The molecule has 19 nitrogen and oxygen atoms in total. The zero-order valence-corrected chi connectivity index (χ0v) is 41.1. The van der Waals surface area contributed by atoms with E-state index < -0.39 is 35.7 Å². The van der Waals surface area contributed by atoms with Gasteiger partial charge in [-0.05, 0) is 64.4 Å². The van der Waals surface area contributed by atoms with Crippen molar-refractivity contribution in [3.8, 4) is 11.1 Å². The Bertz CT molecular complexity index is 2710. The first kappa shape index (κ1) is 50.8. The molecule has 0 bridgehead atoms. The number of imide groups is 2. The van der Waals surface area contributed by atoms with Gasteiger partial charge in [-0.3, -0.25) is 43.8 Å². The quantitative estimate of drug-likeness (QED) is 0.0613. The number of carbonyl (C=O) groups is 7.